The fourth-order valence-corrected chi connectivity index (χ4v) is 3.87. The van der Waals surface area contributed by atoms with E-state index in [-0.39, 0.29) is 5.92 Å². The maximum absolute atomic E-state index is 4.89. The molecule has 2 N–H and O–H groups in total. The molecular weight excluding hydrogens is 344 g/mol. The number of aryl methyl sites for hydroxylation is 1. The standard InChI is InChI=1S/C24H22N4/c1-16-8-2-3-9-17(16)14-18(24-27-21-12-6-7-13-22(21)28-24)15-23-25-19-10-4-5-11-20(19)26-23/h2-13,18H,14-15H2,1H3,(H,25,26)(H,27,28)/t18-/m0/s1. The summed E-state index contributed by atoms with van der Waals surface area (Å²) in [5.74, 6) is 2.24. The second-order valence-electron chi connectivity index (χ2n) is 7.37. The number of hydrogen-bond acceptors (Lipinski definition) is 2. The molecule has 0 aliphatic heterocycles. The first kappa shape index (κ1) is 16.8. The number of aromatic nitrogens is 4. The largest absolute Gasteiger partial charge is 0.342 e. The van der Waals surface area contributed by atoms with Gasteiger partial charge in [-0.25, -0.2) is 9.97 Å². The number of para-hydroxylation sites is 4. The molecule has 0 bridgehead atoms. The first-order chi connectivity index (χ1) is 13.8. The Morgan fingerprint density at radius 3 is 2.07 bits per heavy atom. The predicted octanol–water partition coefficient (Wildman–Crippen LogP) is 5.32. The van der Waals surface area contributed by atoms with Crippen LogP contribution >= 0.6 is 0 Å². The summed E-state index contributed by atoms with van der Waals surface area (Å²) in [5.41, 5.74) is 6.85. The number of fused-ring (bicyclic) bond motifs is 2. The lowest BCUT2D eigenvalue weighted by Crippen LogP contribution is -2.10. The van der Waals surface area contributed by atoms with Crippen molar-refractivity contribution in [1.29, 1.82) is 0 Å². The molecule has 0 unspecified atom stereocenters. The Morgan fingerprint density at radius 1 is 0.714 bits per heavy atom. The number of aromatic amines is 2. The molecule has 28 heavy (non-hydrogen) atoms. The van der Waals surface area contributed by atoms with Gasteiger partial charge in [0.15, 0.2) is 0 Å². The third kappa shape index (κ3) is 3.18. The van der Waals surface area contributed by atoms with Crippen LogP contribution in [-0.2, 0) is 12.8 Å². The molecule has 0 saturated heterocycles. The van der Waals surface area contributed by atoms with E-state index in [1.165, 1.54) is 11.1 Å². The van der Waals surface area contributed by atoms with Crippen LogP contribution in [0.25, 0.3) is 22.1 Å². The Hall–Kier alpha value is -3.40. The number of hydrogen-bond donors (Lipinski definition) is 2. The van der Waals surface area contributed by atoms with Crippen molar-refractivity contribution in [3.8, 4) is 0 Å². The van der Waals surface area contributed by atoms with Gasteiger partial charge in [-0.05, 0) is 48.7 Å². The molecule has 5 rings (SSSR count). The fraction of sp³-hybridized carbons (Fsp3) is 0.167. The molecule has 138 valence electrons. The van der Waals surface area contributed by atoms with Crippen molar-refractivity contribution < 1.29 is 0 Å². The van der Waals surface area contributed by atoms with Crippen molar-refractivity contribution in [1.82, 2.24) is 19.9 Å². The zero-order valence-corrected chi connectivity index (χ0v) is 15.8. The van der Waals surface area contributed by atoms with Crippen LogP contribution in [0.4, 0.5) is 0 Å². The topological polar surface area (TPSA) is 57.4 Å². The van der Waals surface area contributed by atoms with Crippen LogP contribution in [0.1, 0.15) is 28.7 Å². The van der Waals surface area contributed by atoms with Crippen molar-refractivity contribution in [2.24, 2.45) is 0 Å². The van der Waals surface area contributed by atoms with Crippen LogP contribution in [0.15, 0.2) is 72.8 Å². The van der Waals surface area contributed by atoms with Crippen LogP contribution in [-0.4, -0.2) is 19.9 Å². The van der Waals surface area contributed by atoms with Crippen molar-refractivity contribution in [3.05, 3.63) is 95.6 Å². The highest BCUT2D eigenvalue weighted by Crippen LogP contribution is 2.26. The highest BCUT2D eigenvalue weighted by Gasteiger charge is 2.20. The number of nitrogens with zero attached hydrogens (tertiary/aromatic N) is 2. The zero-order chi connectivity index (χ0) is 18.9. The van der Waals surface area contributed by atoms with E-state index >= 15 is 0 Å². The summed E-state index contributed by atoms with van der Waals surface area (Å²) >= 11 is 0. The molecule has 3 aromatic carbocycles. The lowest BCUT2D eigenvalue weighted by atomic mass is 9.93. The third-order valence-electron chi connectivity index (χ3n) is 5.40. The lowest BCUT2D eigenvalue weighted by molar-refractivity contribution is 0.626. The van der Waals surface area contributed by atoms with E-state index < -0.39 is 0 Å². The summed E-state index contributed by atoms with van der Waals surface area (Å²) in [6.45, 7) is 2.17. The van der Waals surface area contributed by atoms with Gasteiger partial charge in [-0.15, -0.1) is 0 Å². The van der Waals surface area contributed by atoms with Gasteiger partial charge in [0.25, 0.3) is 0 Å². The maximum atomic E-state index is 4.89. The first-order valence-electron chi connectivity index (χ1n) is 9.69. The smallest absolute Gasteiger partial charge is 0.111 e. The Labute approximate surface area is 163 Å². The zero-order valence-electron chi connectivity index (χ0n) is 15.8. The second kappa shape index (κ2) is 6.97. The first-order valence-corrected chi connectivity index (χ1v) is 9.69. The SMILES string of the molecule is Cc1ccccc1C[C@@H](Cc1nc2ccccc2[nH]1)c1nc2ccccc2[nH]1. The second-order valence-corrected chi connectivity index (χ2v) is 7.37. The average Bonchev–Trinajstić information content (AvgIpc) is 3.32. The molecule has 0 amide bonds. The van der Waals surface area contributed by atoms with E-state index in [0.717, 1.165) is 46.6 Å². The minimum Gasteiger partial charge on any atom is -0.342 e. The predicted molar refractivity (Wildman–Crippen MR) is 114 cm³/mol. The van der Waals surface area contributed by atoms with Crippen molar-refractivity contribution in [2.75, 3.05) is 0 Å². The summed E-state index contributed by atoms with van der Waals surface area (Å²) in [7, 11) is 0. The van der Waals surface area contributed by atoms with Crippen LogP contribution in [0, 0.1) is 6.92 Å². The normalized spacial score (nSPS) is 12.6. The highest BCUT2D eigenvalue weighted by molar-refractivity contribution is 5.75. The molecule has 0 spiro atoms. The molecule has 4 heteroatoms. The van der Waals surface area contributed by atoms with E-state index in [0.29, 0.717) is 0 Å². The molecule has 0 aliphatic rings. The van der Waals surface area contributed by atoms with Gasteiger partial charge in [-0.3, -0.25) is 0 Å². The number of rotatable bonds is 5. The maximum Gasteiger partial charge on any atom is 0.111 e. The number of imidazole rings is 2. The van der Waals surface area contributed by atoms with Crippen LogP contribution in [0.2, 0.25) is 0 Å². The van der Waals surface area contributed by atoms with Gasteiger partial charge in [0.05, 0.1) is 22.1 Å². The van der Waals surface area contributed by atoms with Gasteiger partial charge in [0.1, 0.15) is 11.6 Å². The minimum atomic E-state index is 0.217. The molecule has 0 radical (unpaired) electrons. The molecule has 2 aromatic heterocycles. The van der Waals surface area contributed by atoms with Gasteiger partial charge >= 0.3 is 0 Å². The van der Waals surface area contributed by atoms with Gasteiger partial charge in [0, 0.05) is 12.3 Å². The van der Waals surface area contributed by atoms with E-state index in [9.17, 15) is 0 Å². The van der Waals surface area contributed by atoms with Crippen molar-refractivity contribution >= 4 is 22.1 Å². The Kier molecular flexibility index (Phi) is 4.17. The van der Waals surface area contributed by atoms with Crippen molar-refractivity contribution in [3.63, 3.8) is 0 Å². The number of benzene rings is 3. The summed E-state index contributed by atoms with van der Waals surface area (Å²) in [6.07, 6.45) is 1.73. The van der Waals surface area contributed by atoms with Gasteiger partial charge < -0.3 is 9.97 Å². The fourth-order valence-electron chi connectivity index (χ4n) is 3.87. The molecule has 2 heterocycles. The van der Waals surface area contributed by atoms with Crippen molar-refractivity contribution in [2.45, 2.75) is 25.7 Å². The highest BCUT2D eigenvalue weighted by atomic mass is 14.9. The Balaban J connectivity index is 1.54. The summed E-state index contributed by atoms with van der Waals surface area (Å²) in [4.78, 5) is 16.7. The van der Waals surface area contributed by atoms with E-state index in [2.05, 4.69) is 59.4 Å². The summed E-state index contributed by atoms with van der Waals surface area (Å²) < 4.78 is 0. The molecule has 5 aromatic rings. The summed E-state index contributed by atoms with van der Waals surface area (Å²) in [5, 5.41) is 0. The quantitative estimate of drug-likeness (QED) is 0.442. The molecular formula is C24H22N4. The monoisotopic (exact) mass is 366 g/mol. The molecule has 0 saturated carbocycles. The lowest BCUT2D eigenvalue weighted by Gasteiger charge is -2.15. The third-order valence-corrected chi connectivity index (χ3v) is 5.40. The summed E-state index contributed by atoms with van der Waals surface area (Å²) in [6, 6.07) is 25.0. The average molecular weight is 366 g/mol. The van der Waals surface area contributed by atoms with E-state index in [4.69, 9.17) is 9.97 Å². The van der Waals surface area contributed by atoms with Gasteiger partial charge in [-0.1, -0.05) is 48.5 Å². The van der Waals surface area contributed by atoms with Gasteiger partial charge in [0.2, 0.25) is 0 Å². The van der Waals surface area contributed by atoms with Crippen LogP contribution in [0.5, 0.6) is 0 Å². The van der Waals surface area contributed by atoms with Crippen LogP contribution < -0.4 is 0 Å². The number of nitrogens with one attached hydrogen (secondary N) is 2. The molecule has 0 aliphatic carbocycles. The Morgan fingerprint density at radius 2 is 1.36 bits per heavy atom. The van der Waals surface area contributed by atoms with E-state index in [1.54, 1.807) is 0 Å². The molecule has 0 fully saturated rings. The number of H-pyrrole nitrogens is 2. The minimum absolute atomic E-state index is 0.217. The van der Waals surface area contributed by atoms with Gasteiger partial charge in [-0.2, -0.15) is 0 Å². The molecule has 4 nitrogen and oxygen atoms in total. The van der Waals surface area contributed by atoms with Crippen LogP contribution in [0.3, 0.4) is 0 Å². The Bertz CT molecular complexity index is 1180. The molecule has 1 atom stereocenters. The van der Waals surface area contributed by atoms with E-state index in [1.807, 2.05) is 30.3 Å².